The first-order chi connectivity index (χ1) is 17.1. The van der Waals surface area contributed by atoms with Crippen LogP contribution < -0.4 is 19.6 Å². The Morgan fingerprint density at radius 3 is 2.53 bits per heavy atom. The van der Waals surface area contributed by atoms with Gasteiger partial charge in [-0.3, -0.25) is 9.36 Å². The van der Waals surface area contributed by atoms with Crippen LogP contribution in [0.25, 0.3) is 6.08 Å². The normalized spacial score (nSPS) is 15.7. The summed E-state index contributed by atoms with van der Waals surface area (Å²) in [6.45, 7) is 9.68. The molecule has 36 heavy (non-hydrogen) atoms. The lowest BCUT2D eigenvalue weighted by atomic mass is 9.95. The lowest BCUT2D eigenvalue weighted by molar-refractivity contribution is -0.139. The molecular weight excluding hydrogens is 608 g/mol. The van der Waals surface area contributed by atoms with Crippen molar-refractivity contribution in [2.45, 2.75) is 46.8 Å². The Morgan fingerprint density at radius 2 is 1.89 bits per heavy atom. The first kappa shape index (κ1) is 26.6. The largest absolute Gasteiger partial charge is 0.489 e. The topological polar surface area (TPSA) is 69.9 Å². The number of aryl methyl sites for hydroxylation is 1. The molecule has 0 N–H and O–H groups in total. The van der Waals surface area contributed by atoms with E-state index in [0.29, 0.717) is 26.4 Å². The summed E-state index contributed by atoms with van der Waals surface area (Å²) in [5, 5.41) is 0. The van der Waals surface area contributed by atoms with Crippen molar-refractivity contribution < 1.29 is 14.3 Å². The van der Waals surface area contributed by atoms with E-state index in [4.69, 9.17) is 9.47 Å². The highest BCUT2D eigenvalue weighted by atomic mass is 79.9. The van der Waals surface area contributed by atoms with Gasteiger partial charge in [-0.25, -0.2) is 9.79 Å². The molecule has 0 radical (unpaired) electrons. The molecule has 188 valence electrons. The maximum absolute atomic E-state index is 13.8. The van der Waals surface area contributed by atoms with Crippen molar-refractivity contribution >= 4 is 55.2 Å². The summed E-state index contributed by atoms with van der Waals surface area (Å²) < 4.78 is 15.1. The van der Waals surface area contributed by atoms with Crippen molar-refractivity contribution in [3.63, 3.8) is 0 Å². The van der Waals surface area contributed by atoms with Gasteiger partial charge in [-0.1, -0.05) is 57.1 Å². The molecule has 2 heterocycles. The highest BCUT2D eigenvalue weighted by Gasteiger charge is 2.33. The van der Waals surface area contributed by atoms with Gasteiger partial charge in [0.25, 0.3) is 5.56 Å². The quantitative estimate of drug-likeness (QED) is 0.340. The summed E-state index contributed by atoms with van der Waals surface area (Å²) in [5.41, 5.74) is 3.34. The second-order valence-electron chi connectivity index (χ2n) is 8.69. The van der Waals surface area contributed by atoms with Gasteiger partial charge in [0.1, 0.15) is 5.75 Å². The second-order valence-corrected chi connectivity index (χ2v) is 11.5. The molecule has 0 aliphatic carbocycles. The molecule has 0 unspecified atom stereocenters. The van der Waals surface area contributed by atoms with Gasteiger partial charge in [0.15, 0.2) is 4.80 Å². The number of carbonyl (C=O) groups excluding carboxylic acids is 1. The number of hydrogen-bond acceptors (Lipinski definition) is 6. The van der Waals surface area contributed by atoms with Crippen LogP contribution >= 0.6 is 43.2 Å². The number of hydrogen-bond donors (Lipinski definition) is 0. The standard InChI is InChI=1S/C27H26Br2N2O4S/c1-6-34-26(33)22-16(5)30-27-31(23(22)17-9-7-15(4)8-10-17)25(32)21(36-27)12-18-11-19(28)13-20(29)24(18)35-14(2)3/h7-14,23H,6H2,1-5H3/b21-12-/t23-/m0/s1. The zero-order valence-corrected chi connectivity index (χ0v) is 24.6. The van der Waals surface area contributed by atoms with Gasteiger partial charge >= 0.3 is 5.97 Å². The van der Waals surface area contributed by atoms with Crippen molar-refractivity contribution in [1.29, 1.82) is 0 Å². The summed E-state index contributed by atoms with van der Waals surface area (Å²) in [5.74, 6) is 0.180. The van der Waals surface area contributed by atoms with Gasteiger partial charge in [0.2, 0.25) is 0 Å². The van der Waals surface area contributed by atoms with Gasteiger partial charge in [0.05, 0.1) is 39.0 Å². The highest BCUT2D eigenvalue weighted by molar-refractivity contribution is 9.11. The van der Waals surface area contributed by atoms with Crippen molar-refractivity contribution in [2.75, 3.05) is 6.61 Å². The average Bonchev–Trinajstić information content (AvgIpc) is 3.10. The van der Waals surface area contributed by atoms with Gasteiger partial charge in [-0.05, 0) is 74.3 Å². The molecule has 2 aromatic carbocycles. The summed E-state index contributed by atoms with van der Waals surface area (Å²) in [7, 11) is 0. The van der Waals surface area contributed by atoms with E-state index >= 15 is 0 Å². The zero-order chi connectivity index (χ0) is 26.1. The van der Waals surface area contributed by atoms with E-state index in [1.165, 1.54) is 11.3 Å². The van der Waals surface area contributed by atoms with Crippen LogP contribution in [-0.2, 0) is 9.53 Å². The van der Waals surface area contributed by atoms with Gasteiger partial charge < -0.3 is 9.47 Å². The Balaban J connectivity index is 1.97. The fraction of sp³-hybridized carbons (Fsp3) is 0.296. The molecule has 1 aliphatic rings. The smallest absolute Gasteiger partial charge is 0.338 e. The predicted octanol–water partition coefficient (Wildman–Crippen LogP) is 5.42. The monoisotopic (exact) mass is 632 g/mol. The zero-order valence-electron chi connectivity index (χ0n) is 20.6. The van der Waals surface area contributed by atoms with E-state index in [0.717, 1.165) is 25.6 Å². The minimum absolute atomic E-state index is 0.0489. The van der Waals surface area contributed by atoms with E-state index < -0.39 is 12.0 Å². The number of ether oxygens (including phenoxy) is 2. The number of esters is 1. The molecule has 1 atom stereocenters. The van der Waals surface area contributed by atoms with Crippen LogP contribution in [0.15, 0.2) is 66.4 Å². The van der Waals surface area contributed by atoms with Crippen LogP contribution in [-0.4, -0.2) is 23.2 Å². The van der Waals surface area contributed by atoms with E-state index in [9.17, 15) is 9.59 Å². The van der Waals surface area contributed by atoms with Crippen LogP contribution in [0.1, 0.15) is 50.4 Å². The Bertz CT molecular complexity index is 1540. The van der Waals surface area contributed by atoms with Gasteiger partial charge in [0, 0.05) is 10.0 Å². The van der Waals surface area contributed by atoms with Crippen LogP contribution in [0.4, 0.5) is 0 Å². The number of carbonyl (C=O) groups is 1. The fourth-order valence-electron chi connectivity index (χ4n) is 4.04. The number of benzene rings is 2. The van der Waals surface area contributed by atoms with E-state index in [-0.39, 0.29) is 18.3 Å². The minimum Gasteiger partial charge on any atom is -0.489 e. The molecule has 0 saturated carbocycles. The molecule has 9 heteroatoms. The van der Waals surface area contributed by atoms with E-state index in [1.54, 1.807) is 18.4 Å². The molecule has 0 bridgehead atoms. The number of nitrogens with zero attached hydrogens (tertiary/aromatic N) is 2. The number of rotatable bonds is 6. The first-order valence-electron chi connectivity index (χ1n) is 11.5. The number of thiazole rings is 1. The predicted molar refractivity (Wildman–Crippen MR) is 149 cm³/mol. The Kier molecular flexibility index (Phi) is 8.02. The summed E-state index contributed by atoms with van der Waals surface area (Å²) in [6.07, 6.45) is 1.76. The molecule has 3 aromatic rings. The number of fused-ring (bicyclic) bond motifs is 1. The molecule has 6 nitrogen and oxygen atoms in total. The van der Waals surface area contributed by atoms with Crippen LogP contribution in [0.3, 0.4) is 0 Å². The van der Waals surface area contributed by atoms with E-state index in [1.807, 2.05) is 63.2 Å². The molecule has 0 amide bonds. The van der Waals surface area contributed by atoms with Crippen LogP contribution in [0, 0.1) is 6.92 Å². The first-order valence-corrected chi connectivity index (χ1v) is 13.9. The SMILES string of the molecule is CCOC(=O)C1=C(C)N=c2s/c(=C\c3cc(Br)cc(Br)c3OC(C)C)c(=O)n2[C@H]1c1ccc(C)cc1. The lowest BCUT2D eigenvalue weighted by Crippen LogP contribution is -2.39. The van der Waals surface area contributed by atoms with Crippen molar-refractivity contribution in [3.05, 3.63) is 93.0 Å². The molecule has 0 spiro atoms. The third-order valence-corrected chi connectivity index (χ3v) is 7.62. The maximum atomic E-state index is 13.8. The average molecular weight is 634 g/mol. The van der Waals surface area contributed by atoms with Gasteiger partial charge in [-0.15, -0.1) is 0 Å². The third kappa shape index (κ3) is 5.28. The number of halogens is 2. The van der Waals surface area contributed by atoms with Gasteiger partial charge in [-0.2, -0.15) is 0 Å². The fourth-order valence-corrected chi connectivity index (χ4v) is 6.43. The Labute approximate surface area is 230 Å². The van der Waals surface area contributed by atoms with Crippen molar-refractivity contribution in [2.24, 2.45) is 4.99 Å². The van der Waals surface area contributed by atoms with Crippen molar-refractivity contribution in [1.82, 2.24) is 4.57 Å². The second kappa shape index (κ2) is 10.9. The highest BCUT2D eigenvalue weighted by Crippen LogP contribution is 2.34. The Morgan fingerprint density at radius 1 is 1.19 bits per heavy atom. The Hall–Kier alpha value is -2.49. The van der Waals surface area contributed by atoms with Crippen LogP contribution in [0.2, 0.25) is 0 Å². The molecule has 4 rings (SSSR count). The molecular formula is C27H26Br2N2O4S. The minimum atomic E-state index is -0.635. The van der Waals surface area contributed by atoms with E-state index in [2.05, 4.69) is 36.9 Å². The number of aromatic nitrogens is 1. The lowest BCUT2D eigenvalue weighted by Gasteiger charge is -2.24. The van der Waals surface area contributed by atoms with Crippen molar-refractivity contribution in [3.8, 4) is 5.75 Å². The number of allylic oxidation sites excluding steroid dienone is 1. The van der Waals surface area contributed by atoms with Crippen LogP contribution in [0.5, 0.6) is 5.75 Å². The molecule has 1 aromatic heterocycles. The maximum Gasteiger partial charge on any atom is 0.338 e. The summed E-state index contributed by atoms with van der Waals surface area (Å²) >= 11 is 8.39. The third-order valence-electron chi connectivity index (χ3n) is 5.59. The summed E-state index contributed by atoms with van der Waals surface area (Å²) in [6, 6.07) is 11.0. The molecule has 0 fully saturated rings. The molecule has 1 aliphatic heterocycles. The molecule has 0 saturated heterocycles. The summed E-state index contributed by atoms with van der Waals surface area (Å²) in [4.78, 5) is 32.0.